The summed E-state index contributed by atoms with van der Waals surface area (Å²) in [4.78, 5) is 21.7. The Labute approximate surface area is 176 Å². The summed E-state index contributed by atoms with van der Waals surface area (Å²) in [7, 11) is 0. The SMILES string of the molecule is CCCCC/C(CCCCCCC/C(CCCCC)=N\NC(N)=O)=N/NC(N)=O. The first-order valence-corrected chi connectivity index (χ1v) is 11.2. The van der Waals surface area contributed by atoms with Crippen LogP contribution in [-0.2, 0) is 0 Å². The van der Waals surface area contributed by atoms with Crippen LogP contribution in [0.4, 0.5) is 9.59 Å². The summed E-state index contributed by atoms with van der Waals surface area (Å²) < 4.78 is 0. The number of unbranched alkanes of at least 4 members (excludes halogenated alkanes) is 8. The highest BCUT2D eigenvalue weighted by atomic mass is 16.2. The summed E-state index contributed by atoms with van der Waals surface area (Å²) in [6.45, 7) is 4.34. The van der Waals surface area contributed by atoms with Gasteiger partial charge < -0.3 is 11.5 Å². The minimum Gasteiger partial charge on any atom is -0.350 e. The Hall–Kier alpha value is -2.12. The van der Waals surface area contributed by atoms with E-state index in [1.807, 2.05) is 0 Å². The van der Waals surface area contributed by atoms with Gasteiger partial charge in [-0.3, -0.25) is 0 Å². The van der Waals surface area contributed by atoms with Crippen LogP contribution in [0.25, 0.3) is 0 Å². The van der Waals surface area contributed by atoms with Crippen LogP contribution in [0.5, 0.6) is 0 Å². The van der Waals surface area contributed by atoms with E-state index in [1.54, 1.807) is 0 Å². The third-order valence-electron chi connectivity index (χ3n) is 4.72. The highest BCUT2D eigenvalue weighted by molar-refractivity contribution is 5.86. The van der Waals surface area contributed by atoms with Gasteiger partial charge in [-0.05, 0) is 51.4 Å². The minimum atomic E-state index is -0.611. The highest BCUT2D eigenvalue weighted by Gasteiger charge is 2.04. The fourth-order valence-electron chi connectivity index (χ4n) is 3.09. The third kappa shape index (κ3) is 19.0. The molecule has 0 unspecified atom stereocenters. The molecule has 0 aliphatic rings. The van der Waals surface area contributed by atoms with Crippen molar-refractivity contribution in [3.05, 3.63) is 0 Å². The Morgan fingerprint density at radius 1 is 0.586 bits per heavy atom. The number of rotatable bonds is 18. The van der Waals surface area contributed by atoms with E-state index in [4.69, 9.17) is 11.5 Å². The van der Waals surface area contributed by atoms with Crippen LogP contribution < -0.4 is 22.3 Å². The molecule has 0 aromatic rings. The number of hydrogen-bond donors (Lipinski definition) is 4. The van der Waals surface area contributed by atoms with Gasteiger partial charge in [0.15, 0.2) is 0 Å². The van der Waals surface area contributed by atoms with Gasteiger partial charge >= 0.3 is 12.1 Å². The predicted octanol–water partition coefficient (Wildman–Crippen LogP) is 4.93. The van der Waals surface area contributed by atoms with Gasteiger partial charge in [-0.25, -0.2) is 20.4 Å². The molecule has 0 atom stereocenters. The van der Waals surface area contributed by atoms with Crippen LogP contribution in [0.2, 0.25) is 0 Å². The quantitative estimate of drug-likeness (QED) is 0.145. The molecule has 0 heterocycles. The summed E-state index contributed by atoms with van der Waals surface area (Å²) in [5.41, 5.74) is 17.0. The summed E-state index contributed by atoms with van der Waals surface area (Å²) in [5.74, 6) is 0. The second kappa shape index (κ2) is 19.2. The minimum absolute atomic E-state index is 0.611. The van der Waals surface area contributed by atoms with Crippen LogP contribution in [0, 0.1) is 0 Å². The van der Waals surface area contributed by atoms with Gasteiger partial charge in [-0.1, -0.05) is 58.8 Å². The van der Waals surface area contributed by atoms with Crippen molar-refractivity contribution in [2.75, 3.05) is 0 Å². The van der Waals surface area contributed by atoms with Gasteiger partial charge in [0, 0.05) is 11.4 Å². The van der Waals surface area contributed by atoms with E-state index in [1.165, 1.54) is 12.8 Å². The summed E-state index contributed by atoms with van der Waals surface area (Å²) in [6.07, 6.45) is 16.0. The fourth-order valence-corrected chi connectivity index (χ4v) is 3.09. The van der Waals surface area contributed by atoms with Crippen molar-refractivity contribution in [3.8, 4) is 0 Å². The number of carbonyl (C=O) groups is 2. The monoisotopic (exact) mass is 410 g/mol. The zero-order valence-corrected chi connectivity index (χ0v) is 18.5. The molecule has 0 saturated heterocycles. The molecule has 0 radical (unpaired) electrons. The first-order valence-electron chi connectivity index (χ1n) is 11.2. The van der Waals surface area contributed by atoms with Crippen LogP contribution in [0.3, 0.4) is 0 Å². The maximum Gasteiger partial charge on any atom is 0.332 e. The van der Waals surface area contributed by atoms with Crippen LogP contribution in [0.15, 0.2) is 10.2 Å². The lowest BCUT2D eigenvalue weighted by atomic mass is 10.0. The number of nitrogens with one attached hydrogen (secondary N) is 2. The van der Waals surface area contributed by atoms with Crippen molar-refractivity contribution < 1.29 is 9.59 Å². The topological polar surface area (TPSA) is 135 Å². The van der Waals surface area contributed by atoms with Gasteiger partial charge in [0.1, 0.15) is 0 Å². The molecule has 29 heavy (non-hydrogen) atoms. The van der Waals surface area contributed by atoms with Gasteiger partial charge in [-0.2, -0.15) is 10.2 Å². The Morgan fingerprint density at radius 3 is 1.21 bits per heavy atom. The van der Waals surface area contributed by atoms with Crippen LogP contribution >= 0.6 is 0 Å². The standard InChI is InChI=1S/C21H42N6O2/c1-3-5-10-14-18(24-26-20(22)28)16-12-8-7-9-13-17-19(15-11-6-4-2)25-27-21(23)29/h3-17H2,1-2H3,(H3,22,26,28)(H3,23,27,29)/b24-18-,25-19-. The second-order valence-corrected chi connectivity index (χ2v) is 7.49. The molecule has 0 aliphatic carbocycles. The molecule has 0 fully saturated rings. The Bertz CT molecular complexity index is 461. The maximum absolute atomic E-state index is 10.9. The first kappa shape index (κ1) is 26.9. The van der Waals surface area contributed by atoms with Gasteiger partial charge in [0.05, 0.1) is 0 Å². The van der Waals surface area contributed by atoms with Crippen molar-refractivity contribution in [1.29, 1.82) is 0 Å². The molecule has 6 N–H and O–H groups in total. The van der Waals surface area contributed by atoms with E-state index < -0.39 is 12.1 Å². The molecule has 4 amide bonds. The lowest BCUT2D eigenvalue weighted by molar-refractivity contribution is 0.248. The zero-order chi connectivity index (χ0) is 21.7. The number of urea groups is 2. The number of hydrogen-bond acceptors (Lipinski definition) is 4. The van der Waals surface area contributed by atoms with Crippen molar-refractivity contribution in [3.63, 3.8) is 0 Å². The van der Waals surface area contributed by atoms with Gasteiger partial charge in [0.25, 0.3) is 0 Å². The lowest BCUT2D eigenvalue weighted by Gasteiger charge is -2.08. The Balaban J connectivity index is 4.09. The van der Waals surface area contributed by atoms with Crippen molar-refractivity contribution in [1.82, 2.24) is 10.9 Å². The number of hydrazone groups is 2. The molecule has 0 rings (SSSR count). The van der Waals surface area contributed by atoms with Crippen LogP contribution in [0.1, 0.15) is 110 Å². The fraction of sp³-hybridized carbons (Fsp3) is 0.810. The molecule has 0 bridgehead atoms. The lowest BCUT2D eigenvalue weighted by Crippen LogP contribution is -2.25. The molecule has 0 saturated carbocycles. The maximum atomic E-state index is 10.9. The third-order valence-corrected chi connectivity index (χ3v) is 4.72. The van der Waals surface area contributed by atoms with Gasteiger partial charge in [-0.15, -0.1) is 0 Å². The summed E-state index contributed by atoms with van der Waals surface area (Å²) in [5, 5.41) is 8.31. The van der Waals surface area contributed by atoms with Crippen molar-refractivity contribution >= 4 is 23.5 Å². The van der Waals surface area contributed by atoms with E-state index >= 15 is 0 Å². The largest absolute Gasteiger partial charge is 0.350 e. The van der Waals surface area contributed by atoms with Crippen molar-refractivity contribution in [2.45, 2.75) is 110 Å². The number of carbonyl (C=O) groups excluding carboxylic acids is 2. The van der Waals surface area contributed by atoms with E-state index in [-0.39, 0.29) is 0 Å². The number of nitrogens with zero attached hydrogens (tertiary/aromatic N) is 2. The molecule has 0 aliphatic heterocycles. The first-order chi connectivity index (χ1) is 14.0. The summed E-state index contributed by atoms with van der Waals surface area (Å²) in [6, 6.07) is -1.22. The highest BCUT2D eigenvalue weighted by Crippen LogP contribution is 2.13. The van der Waals surface area contributed by atoms with E-state index in [2.05, 4.69) is 34.9 Å². The van der Waals surface area contributed by atoms with Crippen molar-refractivity contribution in [2.24, 2.45) is 21.7 Å². The van der Waals surface area contributed by atoms with E-state index in [0.717, 1.165) is 94.9 Å². The number of amides is 4. The molecular weight excluding hydrogens is 368 g/mol. The predicted molar refractivity (Wildman–Crippen MR) is 121 cm³/mol. The molecule has 0 aromatic heterocycles. The zero-order valence-electron chi connectivity index (χ0n) is 18.5. The Morgan fingerprint density at radius 2 is 0.897 bits per heavy atom. The smallest absolute Gasteiger partial charge is 0.332 e. The molecule has 8 heteroatoms. The molecule has 0 aromatic carbocycles. The van der Waals surface area contributed by atoms with Gasteiger partial charge in [0.2, 0.25) is 0 Å². The molecule has 8 nitrogen and oxygen atoms in total. The summed E-state index contributed by atoms with van der Waals surface area (Å²) >= 11 is 0. The molecule has 0 spiro atoms. The number of primary amides is 2. The number of nitrogens with two attached hydrogens (primary N) is 2. The Kier molecular flexibility index (Phi) is 17.8. The molecular formula is C21H42N6O2. The average Bonchev–Trinajstić information content (AvgIpc) is 2.68. The molecule has 168 valence electrons. The second-order valence-electron chi connectivity index (χ2n) is 7.49. The van der Waals surface area contributed by atoms with E-state index in [0.29, 0.717) is 0 Å². The van der Waals surface area contributed by atoms with Crippen LogP contribution in [-0.4, -0.2) is 23.5 Å². The average molecular weight is 411 g/mol. The van der Waals surface area contributed by atoms with E-state index in [9.17, 15) is 9.59 Å². The normalized spacial score (nSPS) is 12.1.